The fourth-order valence-electron chi connectivity index (χ4n) is 2.09. The van der Waals surface area contributed by atoms with E-state index in [-0.39, 0.29) is 11.7 Å². The molecule has 1 aliphatic rings. The van der Waals surface area contributed by atoms with Gasteiger partial charge in [-0.05, 0) is 18.2 Å². The van der Waals surface area contributed by atoms with Crippen LogP contribution in [0.3, 0.4) is 0 Å². The second kappa shape index (κ2) is 5.42. The molecule has 0 spiro atoms. The minimum absolute atomic E-state index is 0.200. The number of hydrogen-bond acceptors (Lipinski definition) is 4. The number of nitrogens with zero attached hydrogens (tertiary/aromatic N) is 2. The largest absolute Gasteiger partial charge is 0.451 e. The van der Waals surface area contributed by atoms with Crippen LogP contribution in [-0.2, 0) is 4.74 Å². The van der Waals surface area contributed by atoms with E-state index in [4.69, 9.17) is 9.15 Å². The van der Waals surface area contributed by atoms with Crippen molar-refractivity contribution in [1.29, 1.82) is 0 Å². The van der Waals surface area contributed by atoms with Gasteiger partial charge in [0.1, 0.15) is 5.76 Å². The minimum Gasteiger partial charge on any atom is -0.451 e. The molecule has 20 heavy (non-hydrogen) atoms. The lowest BCUT2D eigenvalue weighted by Gasteiger charge is -2.25. The summed E-state index contributed by atoms with van der Waals surface area (Å²) in [6, 6.07) is 4.66. The number of halogens is 1. The van der Waals surface area contributed by atoms with Gasteiger partial charge in [-0.25, -0.2) is 4.39 Å². The van der Waals surface area contributed by atoms with Gasteiger partial charge in [-0.3, -0.25) is 9.78 Å². The van der Waals surface area contributed by atoms with Crippen LogP contribution in [-0.4, -0.2) is 42.1 Å². The van der Waals surface area contributed by atoms with E-state index in [1.54, 1.807) is 17.0 Å². The molecule has 1 fully saturated rings. The molecule has 0 saturated carbocycles. The van der Waals surface area contributed by atoms with Crippen molar-refractivity contribution in [3.05, 3.63) is 42.2 Å². The molecule has 5 nitrogen and oxygen atoms in total. The molecular formula is C14H13FN2O3. The number of carbonyl (C=O) groups excluding carboxylic acids is 1. The summed E-state index contributed by atoms with van der Waals surface area (Å²) >= 11 is 0. The maximum absolute atomic E-state index is 13.6. The Kier molecular flexibility index (Phi) is 3.47. The van der Waals surface area contributed by atoms with Gasteiger partial charge in [-0.2, -0.15) is 0 Å². The number of furan rings is 1. The molecule has 0 N–H and O–H groups in total. The molecule has 0 radical (unpaired) electrons. The van der Waals surface area contributed by atoms with Crippen LogP contribution in [0.1, 0.15) is 10.6 Å². The van der Waals surface area contributed by atoms with Crippen LogP contribution in [0.2, 0.25) is 0 Å². The first-order valence-electron chi connectivity index (χ1n) is 6.32. The Hall–Kier alpha value is -2.21. The van der Waals surface area contributed by atoms with Crippen LogP contribution in [0.25, 0.3) is 11.3 Å². The van der Waals surface area contributed by atoms with Crippen LogP contribution in [0.4, 0.5) is 4.39 Å². The summed E-state index contributed by atoms with van der Waals surface area (Å²) in [6.45, 7) is 2.13. The molecule has 0 unspecified atom stereocenters. The van der Waals surface area contributed by atoms with Gasteiger partial charge in [0.05, 0.1) is 25.0 Å². The van der Waals surface area contributed by atoms with Crippen molar-refractivity contribution in [3.63, 3.8) is 0 Å². The van der Waals surface area contributed by atoms with Gasteiger partial charge < -0.3 is 14.1 Å². The molecule has 0 aromatic carbocycles. The number of rotatable bonds is 2. The van der Waals surface area contributed by atoms with Crippen molar-refractivity contribution in [3.8, 4) is 11.3 Å². The second-order valence-corrected chi connectivity index (χ2v) is 4.42. The number of morpholine rings is 1. The Morgan fingerprint density at radius 1 is 1.25 bits per heavy atom. The maximum Gasteiger partial charge on any atom is 0.289 e. The quantitative estimate of drug-likeness (QED) is 0.841. The molecule has 6 heteroatoms. The van der Waals surface area contributed by atoms with Crippen LogP contribution < -0.4 is 0 Å². The summed E-state index contributed by atoms with van der Waals surface area (Å²) in [4.78, 5) is 17.5. The maximum atomic E-state index is 13.6. The Labute approximate surface area is 115 Å². The number of aromatic nitrogens is 1. The van der Waals surface area contributed by atoms with Gasteiger partial charge in [-0.1, -0.05) is 0 Å². The lowest BCUT2D eigenvalue weighted by molar-refractivity contribution is 0.0283. The third-order valence-corrected chi connectivity index (χ3v) is 3.15. The van der Waals surface area contributed by atoms with Gasteiger partial charge in [0, 0.05) is 19.3 Å². The Morgan fingerprint density at radius 2 is 2.05 bits per heavy atom. The monoisotopic (exact) mass is 276 g/mol. The summed E-state index contributed by atoms with van der Waals surface area (Å²) in [7, 11) is 0. The zero-order chi connectivity index (χ0) is 13.9. The average Bonchev–Trinajstić information content (AvgIpc) is 2.97. The summed E-state index contributed by atoms with van der Waals surface area (Å²) in [5.41, 5.74) is 0.293. The highest BCUT2D eigenvalue weighted by molar-refractivity contribution is 5.92. The molecule has 2 aromatic rings. The Balaban J connectivity index is 1.83. The Morgan fingerprint density at radius 3 is 2.80 bits per heavy atom. The molecule has 0 atom stereocenters. The van der Waals surface area contributed by atoms with Crippen molar-refractivity contribution >= 4 is 5.91 Å². The highest BCUT2D eigenvalue weighted by atomic mass is 19.1. The minimum atomic E-state index is -0.479. The molecule has 0 aliphatic carbocycles. The predicted octanol–water partition coefficient (Wildman–Crippen LogP) is 1.95. The summed E-state index contributed by atoms with van der Waals surface area (Å²) in [5.74, 6) is -0.152. The Bertz CT molecular complexity index is 620. The third-order valence-electron chi connectivity index (χ3n) is 3.15. The van der Waals surface area contributed by atoms with Crippen molar-refractivity contribution in [2.45, 2.75) is 0 Å². The summed E-state index contributed by atoms with van der Waals surface area (Å²) in [5, 5.41) is 0. The summed E-state index contributed by atoms with van der Waals surface area (Å²) < 4.78 is 24.3. The number of carbonyl (C=O) groups is 1. The number of pyridine rings is 1. The van der Waals surface area contributed by atoms with Gasteiger partial charge in [0.25, 0.3) is 5.91 Å². The molecule has 0 bridgehead atoms. The average molecular weight is 276 g/mol. The van der Waals surface area contributed by atoms with Crippen LogP contribution in [0.15, 0.2) is 35.0 Å². The van der Waals surface area contributed by atoms with E-state index < -0.39 is 5.82 Å². The SMILES string of the molecule is O=C(c1ccc(-c2ccncc2F)o1)N1CCOCC1. The van der Waals surface area contributed by atoms with Gasteiger partial charge in [-0.15, -0.1) is 0 Å². The number of amides is 1. The second-order valence-electron chi connectivity index (χ2n) is 4.42. The van der Waals surface area contributed by atoms with E-state index >= 15 is 0 Å². The van der Waals surface area contributed by atoms with E-state index in [1.165, 1.54) is 12.3 Å². The molecule has 1 amide bonds. The standard InChI is InChI=1S/C14H13FN2O3/c15-11-9-16-4-3-10(11)12-1-2-13(20-12)14(18)17-5-7-19-8-6-17/h1-4,9H,5-8H2. The van der Waals surface area contributed by atoms with Gasteiger partial charge in [0.15, 0.2) is 11.6 Å². The molecular weight excluding hydrogens is 263 g/mol. The zero-order valence-corrected chi connectivity index (χ0v) is 10.7. The first-order valence-corrected chi connectivity index (χ1v) is 6.32. The van der Waals surface area contributed by atoms with Crippen molar-refractivity contribution in [2.24, 2.45) is 0 Å². The van der Waals surface area contributed by atoms with E-state index in [0.29, 0.717) is 37.6 Å². The van der Waals surface area contributed by atoms with Crippen LogP contribution in [0.5, 0.6) is 0 Å². The van der Waals surface area contributed by atoms with Gasteiger partial charge >= 0.3 is 0 Å². The molecule has 1 saturated heterocycles. The molecule has 3 heterocycles. The third kappa shape index (κ3) is 2.42. The van der Waals surface area contributed by atoms with E-state index in [1.807, 2.05) is 0 Å². The molecule has 2 aromatic heterocycles. The fraction of sp³-hybridized carbons (Fsp3) is 0.286. The molecule has 3 rings (SSSR count). The van der Waals surface area contributed by atoms with Crippen molar-refractivity contribution < 1.29 is 18.3 Å². The smallest absolute Gasteiger partial charge is 0.289 e. The van der Waals surface area contributed by atoms with Gasteiger partial charge in [0.2, 0.25) is 0 Å². The van der Waals surface area contributed by atoms with E-state index in [0.717, 1.165) is 6.20 Å². The summed E-state index contributed by atoms with van der Waals surface area (Å²) in [6.07, 6.45) is 2.59. The predicted molar refractivity (Wildman–Crippen MR) is 68.6 cm³/mol. The van der Waals surface area contributed by atoms with Crippen LogP contribution >= 0.6 is 0 Å². The highest BCUT2D eigenvalue weighted by Gasteiger charge is 2.22. The zero-order valence-electron chi connectivity index (χ0n) is 10.7. The fourth-order valence-corrected chi connectivity index (χ4v) is 2.09. The van der Waals surface area contributed by atoms with Crippen LogP contribution in [0, 0.1) is 5.82 Å². The normalized spacial score (nSPS) is 15.3. The number of hydrogen-bond donors (Lipinski definition) is 0. The van der Waals surface area contributed by atoms with Crippen molar-refractivity contribution in [2.75, 3.05) is 26.3 Å². The first kappa shape index (κ1) is 12.8. The topological polar surface area (TPSA) is 55.6 Å². The van der Waals surface area contributed by atoms with E-state index in [9.17, 15) is 9.18 Å². The van der Waals surface area contributed by atoms with E-state index in [2.05, 4.69) is 4.98 Å². The highest BCUT2D eigenvalue weighted by Crippen LogP contribution is 2.24. The van der Waals surface area contributed by atoms with Crippen molar-refractivity contribution in [1.82, 2.24) is 9.88 Å². The number of ether oxygens (including phenoxy) is 1. The molecule has 104 valence electrons. The first-order chi connectivity index (χ1) is 9.75. The molecule has 1 aliphatic heterocycles. The lowest BCUT2D eigenvalue weighted by Crippen LogP contribution is -2.40. The lowest BCUT2D eigenvalue weighted by atomic mass is 10.2.